The second-order valence-corrected chi connectivity index (χ2v) is 3.60. The van der Waals surface area contributed by atoms with Gasteiger partial charge >= 0.3 is 43.8 Å². The second kappa shape index (κ2) is 15.9. The van der Waals surface area contributed by atoms with Gasteiger partial charge in [0.05, 0.1) is 0 Å². The zero-order valence-corrected chi connectivity index (χ0v) is 13.0. The molecule has 16 heavy (non-hydrogen) atoms. The van der Waals surface area contributed by atoms with Gasteiger partial charge in [0.25, 0.3) is 0 Å². The first-order valence-electron chi connectivity index (χ1n) is 5.08. The SMILES string of the molecule is CC[C@H](C)B(O)O.CC[C@H](C)B(O)O.[Na+].[OH-]. The van der Waals surface area contributed by atoms with E-state index >= 15 is 0 Å². The van der Waals surface area contributed by atoms with Crippen molar-refractivity contribution in [3.63, 3.8) is 0 Å². The Bertz CT molecular complexity index is 115. The van der Waals surface area contributed by atoms with Crippen LogP contribution in [0, 0.1) is 0 Å². The van der Waals surface area contributed by atoms with Crippen molar-refractivity contribution in [2.45, 2.75) is 52.2 Å². The summed E-state index contributed by atoms with van der Waals surface area (Å²) in [5.74, 6) is 0.0278. The summed E-state index contributed by atoms with van der Waals surface area (Å²) in [4.78, 5) is 0. The van der Waals surface area contributed by atoms with E-state index in [1.165, 1.54) is 0 Å². The molecule has 0 aliphatic rings. The van der Waals surface area contributed by atoms with E-state index in [-0.39, 0.29) is 46.7 Å². The Balaban J connectivity index is -0.0000000800. The van der Waals surface area contributed by atoms with E-state index in [1.807, 2.05) is 13.8 Å². The van der Waals surface area contributed by atoms with Crippen molar-refractivity contribution in [2.75, 3.05) is 0 Å². The Labute approximate surface area is 121 Å². The van der Waals surface area contributed by atoms with Crippen molar-refractivity contribution >= 4 is 14.2 Å². The van der Waals surface area contributed by atoms with Gasteiger partial charge in [-0.15, -0.1) is 0 Å². The molecule has 0 aromatic rings. The van der Waals surface area contributed by atoms with Gasteiger partial charge in [-0.3, -0.25) is 0 Å². The van der Waals surface area contributed by atoms with Gasteiger partial charge in [0, 0.05) is 0 Å². The number of hydrogen-bond acceptors (Lipinski definition) is 5. The van der Waals surface area contributed by atoms with E-state index in [0.717, 1.165) is 12.8 Å². The first-order valence-corrected chi connectivity index (χ1v) is 5.08. The van der Waals surface area contributed by atoms with Crippen LogP contribution in [-0.2, 0) is 0 Å². The molecule has 0 aliphatic carbocycles. The molecule has 0 aromatic carbocycles. The molecular weight excluding hydrogens is 221 g/mol. The molecule has 8 heteroatoms. The minimum Gasteiger partial charge on any atom is -0.870 e. The molecule has 5 N–H and O–H groups in total. The van der Waals surface area contributed by atoms with Crippen LogP contribution in [0.2, 0.25) is 11.6 Å². The molecule has 0 bridgehead atoms. The van der Waals surface area contributed by atoms with Gasteiger partial charge in [-0.25, -0.2) is 0 Å². The van der Waals surface area contributed by atoms with Crippen LogP contribution in [0.5, 0.6) is 0 Å². The van der Waals surface area contributed by atoms with Gasteiger partial charge in [0.1, 0.15) is 0 Å². The summed E-state index contributed by atoms with van der Waals surface area (Å²) in [5.41, 5.74) is 0. The first kappa shape index (κ1) is 25.7. The molecule has 0 unspecified atom stereocenters. The topological polar surface area (TPSA) is 111 Å². The van der Waals surface area contributed by atoms with Gasteiger partial charge in [-0.2, -0.15) is 0 Å². The van der Waals surface area contributed by atoms with Crippen LogP contribution in [0.15, 0.2) is 0 Å². The smallest absolute Gasteiger partial charge is 0.870 e. The molecule has 0 radical (unpaired) electrons. The van der Waals surface area contributed by atoms with Crippen molar-refractivity contribution in [3.8, 4) is 0 Å². The summed E-state index contributed by atoms with van der Waals surface area (Å²) in [6, 6.07) is 0. The van der Waals surface area contributed by atoms with Crippen molar-refractivity contribution < 1.29 is 55.1 Å². The van der Waals surface area contributed by atoms with Gasteiger partial charge in [0.15, 0.2) is 0 Å². The van der Waals surface area contributed by atoms with E-state index in [4.69, 9.17) is 20.1 Å². The largest absolute Gasteiger partial charge is 1.00 e. The molecule has 92 valence electrons. The summed E-state index contributed by atoms with van der Waals surface area (Å²) in [5, 5.41) is 33.5. The van der Waals surface area contributed by atoms with Gasteiger partial charge in [0.2, 0.25) is 0 Å². The van der Waals surface area contributed by atoms with Crippen LogP contribution in [0.4, 0.5) is 0 Å². The molecule has 0 saturated heterocycles. The third kappa shape index (κ3) is 17.3. The average molecular weight is 244 g/mol. The maximum Gasteiger partial charge on any atom is 1.00 e. The zero-order chi connectivity index (χ0) is 11.7. The number of rotatable bonds is 4. The molecule has 0 rings (SSSR count). The van der Waals surface area contributed by atoms with E-state index in [0.29, 0.717) is 0 Å². The fourth-order valence-electron chi connectivity index (χ4n) is 0.422. The standard InChI is InChI=1S/2C4H11BO2.Na.H2O/c2*1-3-4(2)5(6)7;;/h2*4,6-7H,3H2,1-2H3;;1H2/q;;+1;/p-1/t2*4-;;/m00../s1. The maximum atomic E-state index is 8.38. The summed E-state index contributed by atoms with van der Waals surface area (Å²) in [6.45, 7) is 7.43. The van der Waals surface area contributed by atoms with Gasteiger partial charge in [-0.1, -0.05) is 40.5 Å². The van der Waals surface area contributed by atoms with Crippen LogP contribution in [-0.4, -0.2) is 39.8 Å². The predicted octanol–water partition coefficient (Wildman–Crippen LogP) is -2.65. The van der Waals surface area contributed by atoms with Crippen molar-refractivity contribution in [1.29, 1.82) is 0 Å². The monoisotopic (exact) mass is 244 g/mol. The van der Waals surface area contributed by atoms with E-state index in [9.17, 15) is 0 Å². The Kier molecular flexibility index (Phi) is 25.6. The minimum absolute atomic E-state index is 0. The van der Waals surface area contributed by atoms with E-state index in [1.54, 1.807) is 13.8 Å². The van der Waals surface area contributed by atoms with Crippen LogP contribution in [0.3, 0.4) is 0 Å². The van der Waals surface area contributed by atoms with Crippen molar-refractivity contribution in [2.24, 2.45) is 0 Å². The van der Waals surface area contributed by atoms with E-state index < -0.39 is 14.2 Å². The fraction of sp³-hybridized carbons (Fsp3) is 1.00. The van der Waals surface area contributed by atoms with Gasteiger partial charge in [-0.05, 0) is 11.6 Å². The zero-order valence-electron chi connectivity index (χ0n) is 11.0. The molecule has 0 amide bonds. The average Bonchev–Trinajstić information content (AvgIpc) is 2.15. The summed E-state index contributed by atoms with van der Waals surface area (Å²) < 4.78 is 0. The van der Waals surface area contributed by atoms with Crippen LogP contribution >= 0.6 is 0 Å². The first-order chi connectivity index (χ1) is 6.36. The predicted molar refractivity (Wildman–Crippen MR) is 61.7 cm³/mol. The van der Waals surface area contributed by atoms with Crippen LogP contribution in [0.25, 0.3) is 0 Å². The molecule has 0 aliphatic heterocycles. The quantitative estimate of drug-likeness (QED) is 0.403. The Morgan fingerprint density at radius 2 is 1.00 bits per heavy atom. The Morgan fingerprint density at radius 3 is 1.00 bits per heavy atom. The molecule has 0 aromatic heterocycles. The van der Waals surface area contributed by atoms with Crippen molar-refractivity contribution in [3.05, 3.63) is 0 Å². The fourth-order valence-corrected chi connectivity index (χ4v) is 0.422. The number of hydrogen-bond donors (Lipinski definition) is 4. The molecule has 0 fully saturated rings. The molecule has 0 heterocycles. The third-order valence-electron chi connectivity index (χ3n) is 2.31. The van der Waals surface area contributed by atoms with Crippen LogP contribution < -0.4 is 29.6 Å². The molecule has 0 spiro atoms. The second-order valence-electron chi connectivity index (χ2n) is 3.60. The van der Waals surface area contributed by atoms with Gasteiger partial charge < -0.3 is 25.6 Å². The minimum atomic E-state index is -1.13. The maximum absolute atomic E-state index is 8.38. The molecule has 0 saturated carbocycles. The molecule has 2 atom stereocenters. The summed E-state index contributed by atoms with van der Waals surface area (Å²) in [6.07, 6.45) is 1.63. The van der Waals surface area contributed by atoms with E-state index in [2.05, 4.69) is 0 Å². The normalized spacial score (nSPS) is 12.0. The molecule has 5 nitrogen and oxygen atoms in total. The summed E-state index contributed by atoms with van der Waals surface area (Å²) >= 11 is 0. The third-order valence-corrected chi connectivity index (χ3v) is 2.31. The molecular formula is C8H23B2NaO5. The van der Waals surface area contributed by atoms with Crippen LogP contribution in [0.1, 0.15) is 40.5 Å². The summed E-state index contributed by atoms with van der Waals surface area (Å²) in [7, 11) is -2.27. The Morgan fingerprint density at radius 1 is 0.812 bits per heavy atom. The Hall–Kier alpha value is 0.930. The van der Waals surface area contributed by atoms with Crippen molar-refractivity contribution in [1.82, 2.24) is 0 Å².